The molecule has 0 aliphatic carbocycles. The third kappa shape index (κ3) is 3.57. The number of hydrogen-bond donors (Lipinski definition) is 2. The Balaban J connectivity index is 2.22. The number of ether oxygens (including phenoxy) is 2. The highest BCUT2D eigenvalue weighted by Gasteiger charge is 2.13. The van der Waals surface area contributed by atoms with Crippen LogP contribution in [0.4, 0.5) is 10.1 Å². The third-order valence-corrected chi connectivity index (χ3v) is 2.96. The summed E-state index contributed by atoms with van der Waals surface area (Å²) in [7, 11) is 2.86. The minimum absolute atomic E-state index is 0.309. The molecule has 1 aromatic heterocycles. The molecule has 0 fully saturated rings. The molecular formula is C14H14FN3O5. The van der Waals surface area contributed by atoms with Crippen molar-refractivity contribution in [2.24, 2.45) is 0 Å². The average molecular weight is 323 g/mol. The smallest absolute Gasteiger partial charge is 0.328 e. The lowest BCUT2D eigenvalue weighted by atomic mass is 10.2. The first kappa shape index (κ1) is 16.3. The molecule has 0 radical (unpaired) electrons. The molecule has 1 aromatic carbocycles. The number of aromatic amines is 1. The van der Waals surface area contributed by atoms with Gasteiger partial charge in [0.2, 0.25) is 11.7 Å². The SMILES string of the molecule is COc1cccc(NC(=O)Cn2cc(F)c(=O)[nH]c2=O)c1OC. The van der Waals surface area contributed by atoms with E-state index in [4.69, 9.17) is 9.47 Å². The van der Waals surface area contributed by atoms with Gasteiger partial charge in [-0.05, 0) is 12.1 Å². The summed E-state index contributed by atoms with van der Waals surface area (Å²) in [4.78, 5) is 36.3. The van der Waals surface area contributed by atoms with Gasteiger partial charge in [-0.1, -0.05) is 6.07 Å². The zero-order valence-corrected chi connectivity index (χ0v) is 12.4. The summed E-state index contributed by atoms with van der Waals surface area (Å²) in [5.74, 6) is -1.04. The van der Waals surface area contributed by atoms with Crippen LogP contribution in [0, 0.1) is 5.82 Å². The Morgan fingerprint density at radius 1 is 1.30 bits per heavy atom. The fourth-order valence-corrected chi connectivity index (χ4v) is 1.93. The number of anilines is 1. The predicted octanol–water partition coefficient (Wildman–Crippen LogP) is 0.332. The molecule has 1 amide bonds. The Bertz CT molecular complexity index is 843. The number of para-hydroxylation sites is 1. The number of halogens is 1. The lowest BCUT2D eigenvalue weighted by molar-refractivity contribution is -0.116. The largest absolute Gasteiger partial charge is 0.493 e. The number of aromatic nitrogens is 2. The highest BCUT2D eigenvalue weighted by atomic mass is 19.1. The lowest BCUT2D eigenvalue weighted by Crippen LogP contribution is -2.34. The van der Waals surface area contributed by atoms with Crippen LogP contribution in [-0.4, -0.2) is 29.7 Å². The van der Waals surface area contributed by atoms with Gasteiger partial charge in [-0.3, -0.25) is 19.1 Å². The molecule has 0 atom stereocenters. The van der Waals surface area contributed by atoms with Crippen LogP contribution >= 0.6 is 0 Å². The normalized spacial score (nSPS) is 10.2. The van der Waals surface area contributed by atoms with E-state index >= 15 is 0 Å². The Morgan fingerprint density at radius 3 is 2.70 bits per heavy atom. The molecule has 0 saturated carbocycles. The lowest BCUT2D eigenvalue weighted by Gasteiger charge is -2.13. The van der Waals surface area contributed by atoms with Gasteiger partial charge in [0.15, 0.2) is 11.5 Å². The van der Waals surface area contributed by atoms with Gasteiger partial charge in [-0.25, -0.2) is 4.79 Å². The van der Waals surface area contributed by atoms with Crippen molar-refractivity contribution in [2.75, 3.05) is 19.5 Å². The summed E-state index contributed by atoms with van der Waals surface area (Å²) in [6, 6.07) is 4.87. The standard InChI is InChI=1S/C14H14FN3O5/c1-22-10-5-3-4-9(12(10)23-2)16-11(19)7-18-6-8(15)13(20)17-14(18)21/h3-6H,7H2,1-2H3,(H,16,19)(H,17,20,21). The van der Waals surface area contributed by atoms with Crippen LogP contribution in [-0.2, 0) is 11.3 Å². The maximum absolute atomic E-state index is 13.2. The first-order valence-corrected chi connectivity index (χ1v) is 6.46. The number of H-pyrrole nitrogens is 1. The molecule has 0 aliphatic heterocycles. The Kier molecular flexibility index (Phi) is 4.79. The van der Waals surface area contributed by atoms with Crippen molar-refractivity contribution in [2.45, 2.75) is 6.54 Å². The molecule has 0 saturated heterocycles. The molecule has 23 heavy (non-hydrogen) atoms. The number of nitrogens with zero attached hydrogens (tertiary/aromatic N) is 1. The van der Waals surface area contributed by atoms with Crippen molar-refractivity contribution < 1.29 is 18.7 Å². The van der Waals surface area contributed by atoms with Crippen molar-refractivity contribution in [3.63, 3.8) is 0 Å². The first-order valence-electron chi connectivity index (χ1n) is 6.46. The van der Waals surface area contributed by atoms with Gasteiger partial charge in [0.05, 0.1) is 26.1 Å². The molecule has 0 unspecified atom stereocenters. The van der Waals surface area contributed by atoms with E-state index in [1.54, 1.807) is 23.2 Å². The second-order valence-corrected chi connectivity index (χ2v) is 4.45. The van der Waals surface area contributed by atoms with Crippen LogP contribution in [0.3, 0.4) is 0 Å². The quantitative estimate of drug-likeness (QED) is 0.825. The first-order chi connectivity index (χ1) is 11.0. The number of rotatable bonds is 5. The second-order valence-electron chi connectivity index (χ2n) is 4.45. The maximum Gasteiger partial charge on any atom is 0.328 e. The van der Waals surface area contributed by atoms with Crippen molar-refractivity contribution in [3.8, 4) is 11.5 Å². The van der Waals surface area contributed by atoms with Crippen molar-refractivity contribution in [1.29, 1.82) is 0 Å². The summed E-state index contributed by atoms with van der Waals surface area (Å²) >= 11 is 0. The van der Waals surface area contributed by atoms with Gasteiger partial charge in [0.1, 0.15) is 6.54 Å². The summed E-state index contributed by atoms with van der Waals surface area (Å²) in [5.41, 5.74) is -1.69. The summed E-state index contributed by atoms with van der Waals surface area (Å²) < 4.78 is 24.2. The molecule has 2 rings (SSSR count). The molecule has 122 valence electrons. The number of nitrogens with one attached hydrogen (secondary N) is 2. The van der Waals surface area contributed by atoms with Gasteiger partial charge >= 0.3 is 5.69 Å². The summed E-state index contributed by atoms with van der Waals surface area (Å²) in [5, 5.41) is 2.53. The van der Waals surface area contributed by atoms with E-state index < -0.39 is 29.5 Å². The van der Waals surface area contributed by atoms with E-state index in [0.717, 1.165) is 4.57 Å². The number of hydrogen-bond acceptors (Lipinski definition) is 5. The molecular weight excluding hydrogens is 309 g/mol. The molecule has 9 heteroatoms. The summed E-state index contributed by atoms with van der Waals surface area (Å²) in [6.45, 7) is -0.479. The van der Waals surface area contributed by atoms with Crippen LogP contribution < -0.4 is 26.0 Å². The number of carbonyl (C=O) groups excluding carboxylic acids is 1. The highest BCUT2D eigenvalue weighted by molar-refractivity contribution is 5.92. The molecule has 8 nitrogen and oxygen atoms in total. The fraction of sp³-hybridized carbons (Fsp3) is 0.214. The number of benzene rings is 1. The molecule has 0 aliphatic rings. The fourth-order valence-electron chi connectivity index (χ4n) is 1.93. The van der Waals surface area contributed by atoms with Crippen LogP contribution in [0.1, 0.15) is 0 Å². The van der Waals surface area contributed by atoms with Crippen molar-refractivity contribution >= 4 is 11.6 Å². The van der Waals surface area contributed by atoms with Crippen LogP contribution in [0.5, 0.6) is 11.5 Å². The number of carbonyl (C=O) groups is 1. The van der Waals surface area contributed by atoms with Crippen molar-refractivity contribution in [1.82, 2.24) is 9.55 Å². The monoisotopic (exact) mass is 323 g/mol. The number of amides is 1. The highest BCUT2D eigenvalue weighted by Crippen LogP contribution is 2.34. The second kappa shape index (κ2) is 6.77. The topological polar surface area (TPSA) is 102 Å². The minimum atomic E-state index is -1.16. The molecule has 2 aromatic rings. The molecule has 0 bridgehead atoms. The minimum Gasteiger partial charge on any atom is -0.493 e. The van der Waals surface area contributed by atoms with Crippen LogP contribution in [0.2, 0.25) is 0 Å². The van der Waals surface area contributed by atoms with Crippen molar-refractivity contribution in [3.05, 3.63) is 51.1 Å². The zero-order valence-electron chi connectivity index (χ0n) is 12.4. The Labute approximate surface area is 129 Å². The van der Waals surface area contributed by atoms with Crippen LogP contribution in [0.25, 0.3) is 0 Å². The Morgan fingerprint density at radius 2 is 2.04 bits per heavy atom. The van der Waals surface area contributed by atoms with E-state index in [1.807, 2.05) is 0 Å². The predicted molar refractivity (Wildman–Crippen MR) is 79.5 cm³/mol. The van der Waals surface area contributed by atoms with Gasteiger partial charge in [-0.15, -0.1) is 0 Å². The van der Waals surface area contributed by atoms with E-state index in [-0.39, 0.29) is 0 Å². The molecule has 2 N–H and O–H groups in total. The summed E-state index contributed by atoms with van der Waals surface area (Å²) in [6.07, 6.45) is 0.670. The van der Waals surface area contributed by atoms with E-state index in [0.29, 0.717) is 23.4 Å². The Hall–Kier alpha value is -3.10. The van der Waals surface area contributed by atoms with Gasteiger partial charge < -0.3 is 14.8 Å². The molecule has 1 heterocycles. The molecule has 0 spiro atoms. The van der Waals surface area contributed by atoms with Gasteiger partial charge in [0, 0.05) is 0 Å². The van der Waals surface area contributed by atoms with E-state index in [2.05, 4.69) is 5.32 Å². The zero-order chi connectivity index (χ0) is 17.0. The maximum atomic E-state index is 13.2. The third-order valence-electron chi connectivity index (χ3n) is 2.96. The average Bonchev–Trinajstić information content (AvgIpc) is 2.52. The van der Waals surface area contributed by atoms with Crippen LogP contribution in [0.15, 0.2) is 34.0 Å². The number of methoxy groups -OCH3 is 2. The van der Waals surface area contributed by atoms with E-state index in [9.17, 15) is 18.8 Å². The van der Waals surface area contributed by atoms with E-state index in [1.165, 1.54) is 14.2 Å². The van der Waals surface area contributed by atoms with Gasteiger partial charge in [-0.2, -0.15) is 4.39 Å². The van der Waals surface area contributed by atoms with Gasteiger partial charge in [0.25, 0.3) is 5.56 Å².